The van der Waals surface area contributed by atoms with Crippen LogP contribution in [-0.2, 0) is 9.53 Å². The molecule has 3 heterocycles. The highest BCUT2D eigenvalue weighted by molar-refractivity contribution is 7.07. The van der Waals surface area contributed by atoms with Gasteiger partial charge in [0.05, 0.1) is 40.5 Å². The molecule has 0 radical (unpaired) electrons. The van der Waals surface area contributed by atoms with Gasteiger partial charge in [-0.15, -0.1) is 0 Å². The number of nitro groups is 1. The number of esters is 1. The first-order chi connectivity index (χ1) is 19.2. The van der Waals surface area contributed by atoms with Gasteiger partial charge in [0, 0.05) is 23.8 Å². The third kappa shape index (κ3) is 4.87. The highest BCUT2D eigenvalue weighted by Gasteiger charge is 2.33. The van der Waals surface area contributed by atoms with Crippen molar-refractivity contribution in [3.05, 3.63) is 113 Å². The molecule has 1 aliphatic heterocycles. The van der Waals surface area contributed by atoms with E-state index < -0.39 is 16.9 Å². The lowest BCUT2D eigenvalue weighted by Gasteiger charge is -2.24. The zero-order valence-electron chi connectivity index (χ0n) is 22.2. The highest BCUT2D eigenvalue weighted by atomic mass is 32.1. The van der Waals surface area contributed by atoms with Crippen LogP contribution in [0.2, 0.25) is 0 Å². The molecule has 10 nitrogen and oxygen atoms in total. The molecule has 0 amide bonds. The number of carbonyl (C=O) groups is 1. The molecule has 1 atom stereocenters. The molecular weight excluding hydrogens is 534 g/mol. The third-order valence-corrected chi connectivity index (χ3v) is 7.53. The summed E-state index contributed by atoms with van der Waals surface area (Å²) in [5, 5.41) is 11.2. The molecule has 0 saturated heterocycles. The summed E-state index contributed by atoms with van der Waals surface area (Å²) in [4.78, 5) is 42.6. The van der Waals surface area contributed by atoms with Crippen LogP contribution in [0.3, 0.4) is 0 Å². The minimum absolute atomic E-state index is 0.0434. The smallest absolute Gasteiger partial charge is 0.338 e. The number of hydrogen-bond donors (Lipinski definition) is 0. The number of rotatable bonds is 7. The number of fused-ring (bicyclic) bond motifs is 1. The van der Waals surface area contributed by atoms with Crippen molar-refractivity contribution >= 4 is 29.1 Å². The second-order valence-corrected chi connectivity index (χ2v) is 10.0. The molecule has 5 rings (SSSR count). The first-order valence-electron chi connectivity index (χ1n) is 12.4. The summed E-state index contributed by atoms with van der Waals surface area (Å²) >= 11 is 1.18. The van der Waals surface area contributed by atoms with E-state index >= 15 is 0 Å². The van der Waals surface area contributed by atoms with Gasteiger partial charge in [0.2, 0.25) is 0 Å². The standard InChI is InChI=1S/C29H25N3O7S/c1-5-38-28(34)25-17(3)30-29-31(26(25)18-7-10-20(37-4)11-8-18)27(33)24(40-29)15-21-12-13-23(39-21)22-14-19(32(35)36)9-6-16(22)2/h6-15,26H,5H2,1-4H3/b24-15+/t26-/m0/s1. The quantitative estimate of drug-likeness (QED) is 0.188. The topological polar surface area (TPSA) is 126 Å². The van der Waals surface area contributed by atoms with Crippen LogP contribution in [0, 0.1) is 17.0 Å². The summed E-state index contributed by atoms with van der Waals surface area (Å²) < 4.78 is 18.4. The molecule has 0 unspecified atom stereocenters. The Hall–Kier alpha value is -4.77. The maximum absolute atomic E-state index is 13.8. The van der Waals surface area contributed by atoms with E-state index in [-0.39, 0.29) is 23.4 Å². The zero-order valence-corrected chi connectivity index (χ0v) is 23.0. The van der Waals surface area contributed by atoms with E-state index in [1.807, 2.05) is 6.92 Å². The van der Waals surface area contributed by atoms with Gasteiger partial charge < -0.3 is 13.9 Å². The molecule has 40 heavy (non-hydrogen) atoms. The van der Waals surface area contributed by atoms with Crippen LogP contribution in [0.15, 0.2) is 80.1 Å². The average Bonchev–Trinajstić information content (AvgIpc) is 3.52. The molecule has 2 aromatic carbocycles. The van der Waals surface area contributed by atoms with Gasteiger partial charge in [0.1, 0.15) is 17.3 Å². The van der Waals surface area contributed by atoms with E-state index in [2.05, 4.69) is 4.99 Å². The predicted octanol–water partition coefficient (Wildman–Crippen LogP) is 4.28. The number of methoxy groups -OCH3 is 1. The maximum atomic E-state index is 13.8. The highest BCUT2D eigenvalue weighted by Crippen LogP contribution is 2.32. The fraction of sp³-hybridized carbons (Fsp3) is 0.207. The number of ether oxygens (including phenoxy) is 2. The lowest BCUT2D eigenvalue weighted by Crippen LogP contribution is -2.39. The molecule has 0 bridgehead atoms. The van der Waals surface area contributed by atoms with Crippen molar-refractivity contribution in [2.45, 2.75) is 26.8 Å². The number of hydrogen-bond acceptors (Lipinski definition) is 9. The number of aromatic nitrogens is 1. The van der Waals surface area contributed by atoms with E-state index in [1.54, 1.807) is 69.5 Å². The summed E-state index contributed by atoms with van der Waals surface area (Å²) in [6.07, 6.45) is 1.61. The van der Waals surface area contributed by atoms with E-state index in [0.717, 1.165) is 5.56 Å². The van der Waals surface area contributed by atoms with Crippen molar-refractivity contribution in [3.63, 3.8) is 0 Å². The summed E-state index contributed by atoms with van der Waals surface area (Å²) in [6, 6.07) is 14.4. The number of nitrogens with zero attached hydrogens (tertiary/aromatic N) is 3. The van der Waals surface area contributed by atoms with Gasteiger partial charge in [0.15, 0.2) is 4.80 Å². The molecule has 204 valence electrons. The molecule has 1 aliphatic rings. The number of allylic oxidation sites excluding steroid dienone is 1. The Kier molecular flexibility index (Phi) is 7.22. The molecule has 4 aromatic rings. The van der Waals surface area contributed by atoms with Gasteiger partial charge in [-0.25, -0.2) is 9.79 Å². The second kappa shape index (κ2) is 10.8. The number of non-ortho nitro benzene ring substituents is 1. The van der Waals surface area contributed by atoms with Gasteiger partial charge in [0.25, 0.3) is 11.2 Å². The molecule has 11 heteroatoms. The lowest BCUT2D eigenvalue weighted by atomic mass is 9.96. The molecule has 0 fully saturated rings. The van der Waals surface area contributed by atoms with Crippen LogP contribution in [-0.4, -0.2) is 29.2 Å². The number of thiazole rings is 1. The summed E-state index contributed by atoms with van der Waals surface area (Å²) in [6.45, 7) is 5.46. The summed E-state index contributed by atoms with van der Waals surface area (Å²) in [5.41, 5.74) is 2.46. The van der Waals surface area contributed by atoms with Crippen molar-refractivity contribution in [1.82, 2.24) is 4.57 Å². The Balaban J connectivity index is 1.62. The van der Waals surface area contributed by atoms with Crippen molar-refractivity contribution in [1.29, 1.82) is 0 Å². The number of furan rings is 1. The minimum atomic E-state index is -0.747. The van der Waals surface area contributed by atoms with Gasteiger partial charge in [-0.3, -0.25) is 19.5 Å². The third-order valence-electron chi connectivity index (χ3n) is 6.55. The van der Waals surface area contributed by atoms with E-state index in [4.69, 9.17) is 13.9 Å². The van der Waals surface area contributed by atoms with Gasteiger partial charge in [-0.05, 0) is 56.2 Å². The monoisotopic (exact) mass is 559 g/mol. The van der Waals surface area contributed by atoms with E-state index in [0.29, 0.717) is 43.4 Å². The average molecular weight is 560 g/mol. The normalized spacial score (nSPS) is 15.0. The number of aryl methyl sites for hydroxylation is 1. The Labute approximate surface area is 232 Å². The lowest BCUT2D eigenvalue weighted by molar-refractivity contribution is -0.384. The summed E-state index contributed by atoms with van der Waals surface area (Å²) in [7, 11) is 1.56. The molecule has 0 N–H and O–H groups in total. The van der Waals surface area contributed by atoms with Crippen LogP contribution in [0.1, 0.15) is 36.8 Å². The van der Waals surface area contributed by atoms with Gasteiger partial charge in [-0.2, -0.15) is 0 Å². The molecule has 0 saturated carbocycles. The SMILES string of the molecule is CCOC(=O)C1=C(C)N=c2s/c(=C/c3ccc(-c4cc([N+](=O)[O-])ccc4C)o3)c(=O)n2[C@H]1c1ccc(OC)cc1. The second-order valence-electron chi connectivity index (χ2n) is 9.03. The van der Waals surface area contributed by atoms with Crippen LogP contribution >= 0.6 is 11.3 Å². The maximum Gasteiger partial charge on any atom is 0.338 e. The fourth-order valence-corrected chi connectivity index (χ4v) is 5.61. The largest absolute Gasteiger partial charge is 0.497 e. The van der Waals surface area contributed by atoms with Crippen LogP contribution in [0.25, 0.3) is 17.4 Å². The first-order valence-corrected chi connectivity index (χ1v) is 13.2. The number of benzene rings is 2. The Morgan fingerprint density at radius 2 is 1.93 bits per heavy atom. The van der Waals surface area contributed by atoms with Crippen LogP contribution in [0.5, 0.6) is 5.75 Å². The van der Waals surface area contributed by atoms with Gasteiger partial charge >= 0.3 is 5.97 Å². The van der Waals surface area contributed by atoms with Crippen molar-refractivity contribution in [3.8, 4) is 17.1 Å². The molecule has 0 aliphatic carbocycles. The Morgan fingerprint density at radius 3 is 2.60 bits per heavy atom. The minimum Gasteiger partial charge on any atom is -0.497 e. The van der Waals surface area contributed by atoms with Crippen LogP contribution < -0.4 is 19.6 Å². The number of nitro benzene ring substituents is 1. The molecule has 0 spiro atoms. The Morgan fingerprint density at radius 1 is 1.18 bits per heavy atom. The first kappa shape index (κ1) is 26.8. The van der Waals surface area contributed by atoms with Crippen molar-refractivity contribution in [2.24, 2.45) is 4.99 Å². The fourth-order valence-electron chi connectivity index (χ4n) is 4.59. The predicted molar refractivity (Wildman–Crippen MR) is 149 cm³/mol. The van der Waals surface area contributed by atoms with E-state index in [9.17, 15) is 19.7 Å². The summed E-state index contributed by atoms with van der Waals surface area (Å²) in [5.74, 6) is 0.939. The van der Waals surface area contributed by atoms with Gasteiger partial charge in [-0.1, -0.05) is 29.5 Å². The van der Waals surface area contributed by atoms with E-state index in [1.165, 1.54) is 28.0 Å². The van der Waals surface area contributed by atoms with Crippen molar-refractivity contribution in [2.75, 3.05) is 13.7 Å². The Bertz CT molecular complexity index is 1850. The zero-order chi connectivity index (χ0) is 28.6. The molecular formula is C29H25N3O7S. The van der Waals surface area contributed by atoms with Crippen molar-refractivity contribution < 1.29 is 23.6 Å². The molecule has 2 aromatic heterocycles. The number of carbonyl (C=O) groups excluding carboxylic acids is 1. The van der Waals surface area contributed by atoms with Crippen LogP contribution in [0.4, 0.5) is 5.69 Å².